The summed E-state index contributed by atoms with van der Waals surface area (Å²) in [6.45, 7) is -0.452. The molecule has 1 aromatic heterocycles. The Morgan fingerprint density at radius 3 is 2.46 bits per heavy atom. The smallest absolute Gasteiger partial charge is 0.416 e. The second-order valence-corrected chi connectivity index (χ2v) is 7.42. The van der Waals surface area contributed by atoms with Gasteiger partial charge in [0.05, 0.1) is 18.7 Å². The molecule has 0 N–H and O–H groups in total. The number of rotatable bonds is 4. The van der Waals surface area contributed by atoms with Crippen LogP contribution in [0.1, 0.15) is 5.56 Å². The molecule has 1 saturated heterocycles. The van der Waals surface area contributed by atoms with Gasteiger partial charge in [-0.25, -0.2) is 22.2 Å². The molecule has 0 radical (unpaired) electrons. The van der Waals surface area contributed by atoms with Gasteiger partial charge in [-0.05, 0) is 24.3 Å². The summed E-state index contributed by atoms with van der Waals surface area (Å²) in [6.07, 6.45) is -4.39. The summed E-state index contributed by atoms with van der Waals surface area (Å²) in [4.78, 5) is 2.83. The van der Waals surface area contributed by atoms with Crippen LogP contribution in [0.25, 0.3) is 0 Å². The van der Waals surface area contributed by atoms with Crippen LogP contribution >= 0.6 is 0 Å². The Balaban J connectivity index is 1.68. The standard InChI is InChI=1S/C15H11F5N2O3S/c16-10-1-2-12(17)13(6-10)26(23,24)22-7-11(8-22)25-14-5-9(3-4-21-14)15(18,19)20/h1-6,11H,7-8H2. The highest BCUT2D eigenvalue weighted by atomic mass is 32.2. The number of hydrogen-bond acceptors (Lipinski definition) is 4. The number of hydrogen-bond donors (Lipinski definition) is 0. The third kappa shape index (κ3) is 3.63. The van der Waals surface area contributed by atoms with Gasteiger partial charge in [0.1, 0.15) is 22.6 Å². The zero-order valence-electron chi connectivity index (χ0n) is 12.9. The molecule has 2 aromatic rings. The number of alkyl halides is 3. The van der Waals surface area contributed by atoms with Crippen molar-refractivity contribution >= 4 is 10.0 Å². The lowest BCUT2D eigenvalue weighted by atomic mass is 10.2. The van der Waals surface area contributed by atoms with Crippen molar-refractivity contribution in [3.8, 4) is 5.88 Å². The molecule has 0 unspecified atom stereocenters. The highest BCUT2D eigenvalue weighted by Crippen LogP contribution is 2.31. The SMILES string of the molecule is O=S(=O)(c1cc(F)ccc1F)N1CC(Oc2cc(C(F)(F)F)ccn2)C1. The Morgan fingerprint density at radius 2 is 1.81 bits per heavy atom. The summed E-state index contributed by atoms with van der Waals surface area (Å²) in [5.74, 6) is -2.32. The van der Waals surface area contributed by atoms with E-state index in [4.69, 9.17) is 4.74 Å². The lowest BCUT2D eigenvalue weighted by molar-refractivity contribution is -0.137. The van der Waals surface area contributed by atoms with Crippen LogP contribution in [0, 0.1) is 11.6 Å². The lowest BCUT2D eigenvalue weighted by Crippen LogP contribution is -2.56. The van der Waals surface area contributed by atoms with E-state index in [1.807, 2.05) is 0 Å². The summed E-state index contributed by atoms with van der Waals surface area (Å²) < 4.78 is 95.4. The van der Waals surface area contributed by atoms with Gasteiger partial charge in [0.15, 0.2) is 0 Å². The fourth-order valence-electron chi connectivity index (χ4n) is 2.31. The number of aromatic nitrogens is 1. The Hall–Kier alpha value is -2.27. The summed E-state index contributed by atoms with van der Waals surface area (Å²) >= 11 is 0. The maximum Gasteiger partial charge on any atom is 0.416 e. The van der Waals surface area contributed by atoms with E-state index in [0.717, 1.165) is 22.6 Å². The summed E-state index contributed by atoms with van der Waals surface area (Å²) in [5, 5.41) is 0. The van der Waals surface area contributed by atoms with Crippen molar-refractivity contribution < 1.29 is 35.1 Å². The van der Waals surface area contributed by atoms with Gasteiger partial charge in [-0.2, -0.15) is 17.5 Å². The number of ether oxygens (including phenoxy) is 1. The van der Waals surface area contributed by atoms with E-state index in [9.17, 15) is 30.4 Å². The van der Waals surface area contributed by atoms with E-state index >= 15 is 0 Å². The van der Waals surface area contributed by atoms with Crippen LogP contribution in [0.2, 0.25) is 0 Å². The van der Waals surface area contributed by atoms with Crippen molar-refractivity contribution in [3.63, 3.8) is 0 Å². The Labute approximate surface area is 145 Å². The number of pyridine rings is 1. The molecule has 0 bridgehead atoms. The van der Waals surface area contributed by atoms with E-state index in [2.05, 4.69) is 4.98 Å². The fraction of sp³-hybridized carbons (Fsp3) is 0.267. The molecule has 0 atom stereocenters. The van der Waals surface area contributed by atoms with Crippen LogP contribution in [0.5, 0.6) is 5.88 Å². The molecule has 3 rings (SSSR count). The molecule has 1 fully saturated rings. The van der Waals surface area contributed by atoms with Crippen molar-refractivity contribution in [2.45, 2.75) is 17.2 Å². The van der Waals surface area contributed by atoms with Crippen LogP contribution in [-0.2, 0) is 16.2 Å². The summed E-state index contributed by atoms with van der Waals surface area (Å²) in [5.41, 5.74) is -0.951. The minimum Gasteiger partial charge on any atom is -0.472 e. The predicted octanol–water partition coefficient (Wildman–Crippen LogP) is 2.83. The van der Waals surface area contributed by atoms with Crippen LogP contribution < -0.4 is 4.74 Å². The molecule has 0 saturated carbocycles. The molecule has 11 heteroatoms. The molecule has 140 valence electrons. The Morgan fingerprint density at radius 1 is 1.12 bits per heavy atom. The number of benzene rings is 1. The predicted molar refractivity (Wildman–Crippen MR) is 78.8 cm³/mol. The van der Waals surface area contributed by atoms with Gasteiger partial charge in [-0.1, -0.05) is 0 Å². The Kier molecular flexibility index (Phi) is 4.61. The lowest BCUT2D eigenvalue weighted by Gasteiger charge is -2.37. The van der Waals surface area contributed by atoms with Crippen LogP contribution in [0.4, 0.5) is 22.0 Å². The van der Waals surface area contributed by atoms with Crippen molar-refractivity contribution in [3.05, 3.63) is 53.7 Å². The minimum absolute atomic E-state index is 0.226. The molecular formula is C15H11F5N2O3S. The van der Waals surface area contributed by atoms with Gasteiger partial charge in [0.25, 0.3) is 0 Å². The second kappa shape index (κ2) is 6.47. The van der Waals surface area contributed by atoms with Gasteiger partial charge in [-0.3, -0.25) is 0 Å². The van der Waals surface area contributed by atoms with Gasteiger partial charge < -0.3 is 4.74 Å². The number of nitrogens with zero attached hydrogens (tertiary/aromatic N) is 2. The quantitative estimate of drug-likeness (QED) is 0.749. The van der Waals surface area contributed by atoms with E-state index < -0.39 is 44.4 Å². The average molecular weight is 394 g/mol. The van der Waals surface area contributed by atoms with Gasteiger partial charge in [0.2, 0.25) is 15.9 Å². The first-order valence-electron chi connectivity index (χ1n) is 7.22. The first kappa shape index (κ1) is 18.5. The van der Waals surface area contributed by atoms with Crippen LogP contribution in [0.3, 0.4) is 0 Å². The van der Waals surface area contributed by atoms with Gasteiger partial charge >= 0.3 is 6.18 Å². The first-order valence-corrected chi connectivity index (χ1v) is 8.66. The molecule has 0 aliphatic carbocycles. The first-order chi connectivity index (χ1) is 12.1. The third-order valence-corrected chi connectivity index (χ3v) is 5.52. The zero-order valence-corrected chi connectivity index (χ0v) is 13.7. The second-order valence-electron chi connectivity index (χ2n) is 5.52. The molecule has 5 nitrogen and oxygen atoms in total. The normalized spacial score (nSPS) is 16.3. The zero-order chi connectivity index (χ0) is 19.1. The number of sulfonamides is 1. The maximum atomic E-state index is 13.7. The molecule has 1 aliphatic heterocycles. The third-order valence-electron chi connectivity index (χ3n) is 3.68. The largest absolute Gasteiger partial charge is 0.472 e. The van der Waals surface area contributed by atoms with Crippen LogP contribution in [0.15, 0.2) is 41.4 Å². The highest BCUT2D eigenvalue weighted by Gasteiger charge is 2.40. The number of halogens is 5. The van der Waals surface area contributed by atoms with Crippen molar-refractivity contribution in [1.82, 2.24) is 9.29 Å². The molecule has 0 spiro atoms. The summed E-state index contributed by atoms with van der Waals surface area (Å²) in [7, 11) is -4.27. The molecular weight excluding hydrogens is 383 g/mol. The topological polar surface area (TPSA) is 59.5 Å². The van der Waals surface area contributed by atoms with E-state index in [1.54, 1.807) is 0 Å². The van der Waals surface area contributed by atoms with Crippen molar-refractivity contribution in [2.24, 2.45) is 0 Å². The molecule has 2 heterocycles. The fourth-order valence-corrected chi connectivity index (χ4v) is 3.89. The van der Waals surface area contributed by atoms with Crippen molar-refractivity contribution in [2.75, 3.05) is 13.1 Å². The van der Waals surface area contributed by atoms with E-state index in [-0.39, 0.29) is 19.0 Å². The monoisotopic (exact) mass is 394 g/mol. The van der Waals surface area contributed by atoms with Gasteiger partial charge in [0, 0.05) is 12.3 Å². The van der Waals surface area contributed by atoms with E-state index in [0.29, 0.717) is 18.2 Å². The van der Waals surface area contributed by atoms with E-state index in [1.165, 1.54) is 0 Å². The maximum absolute atomic E-state index is 13.7. The van der Waals surface area contributed by atoms with Gasteiger partial charge in [-0.15, -0.1) is 0 Å². The Bertz CT molecular complexity index is 927. The molecule has 0 amide bonds. The summed E-state index contributed by atoms with van der Waals surface area (Å²) in [6, 6.07) is 3.52. The minimum atomic E-state index is -4.56. The van der Waals surface area contributed by atoms with Crippen molar-refractivity contribution in [1.29, 1.82) is 0 Å². The molecule has 26 heavy (non-hydrogen) atoms. The van der Waals surface area contributed by atoms with Crippen LogP contribution in [-0.4, -0.2) is 36.9 Å². The molecule has 1 aliphatic rings. The highest BCUT2D eigenvalue weighted by molar-refractivity contribution is 7.89. The average Bonchev–Trinajstić information content (AvgIpc) is 2.52. The molecule has 1 aromatic carbocycles.